The second-order valence-electron chi connectivity index (χ2n) is 7.68. The number of hydrogen-bond donors (Lipinski definition) is 1. The molecule has 4 rings (SSSR count). The van der Waals surface area contributed by atoms with Crippen molar-refractivity contribution in [3.05, 3.63) is 33.4 Å². The van der Waals surface area contributed by atoms with Crippen LogP contribution in [0.4, 0.5) is 0 Å². The van der Waals surface area contributed by atoms with Gasteiger partial charge in [-0.05, 0) is 44.1 Å². The molecule has 0 saturated heterocycles. The Hall–Kier alpha value is -1.60. The van der Waals surface area contributed by atoms with E-state index in [9.17, 15) is 9.59 Å². The molecule has 0 aliphatic heterocycles. The first kappa shape index (κ1) is 19.7. The number of thioether (sulfide) groups is 1. The summed E-state index contributed by atoms with van der Waals surface area (Å²) in [6.07, 6.45) is 11.8. The van der Waals surface area contributed by atoms with E-state index in [1.54, 1.807) is 22.0 Å². The number of allylic oxidation sites excluding steroid dienone is 1. The Morgan fingerprint density at radius 1 is 1.25 bits per heavy atom. The molecule has 2 aromatic heterocycles. The number of hydrogen-bond acceptors (Lipinski definition) is 5. The minimum absolute atomic E-state index is 0.0167. The predicted molar refractivity (Wildman–Crippen MR) is 116 cm³/mol. The van der Waals surface area contributed by atoms with Gasteiger partial charge in [0.15, 0.2) is 5.16 Å². The van der Waals surface area contributed by atoms with Crippen LogP contribution in [0, 0.1) is 0 Å². The average Bonchev–Trinajstić information content (AvgIpc) is 3.24. The standard InChI is InChI=1S/C21H27N3O2S2/c1-2-12-24-20(26)18-15-10-4-3-5-11-16(15)28-19(18)23-21(24)27-13-17(25)22-14-8-6-7-9-14/h2,14H,1,3-13H2,(H,22,25). The molecule has 2 aliphatic rings. The van der Waals surface area contributed by atoms with Crippen molar-refractivity contribution in [2.45, 2.75) is 75.5 Å². The molecule has 2 heterocycles. The molecule has 0 aromatic carbocycles. The van der Waals surface area contributed by atoms with E-state index in [1.165, 1.54) is 47.9 Å². The van der Waals surface area contributed by atoms with Crippen LogP contribution in [0.3, 0.4) is 0 Å². The third-order valence-corrected chi connectivity index (χ3v) is 7.82. The van der Waals surface area contributed by atoms with Crippen molar-refractivity contribution < 1.29 is 4.79 Å². The summed E-state index contributed by atoms with van der Waals surface area (Å²) in [5.41, 5.74) is 1.23. The largest absolute Gasteiger partial charge is 0.353 e. The van der Waals surface area contributed by atoms with Gasteiger partial charge in [-0.25, -0.2) is 4.98 Å². The van der Waals surface area contributed by atoms with Gasteiger partial charge in [0.25, 0.3) is 5.56 Å². The van der Waals surface area contributed by atoms with Crippen molar-refractivity contribution in [2.75, 3.05) is 5.75 Å². The molecule has 0 radical (unpaired) electrons. The number of carbonyl (C=O) groups excluding carboxylic acids is 1. The Balaban J connectivity index is 1.61. The number of fused-ring (bicyclic) bond motifs is 3. The van der Waals surface area contributed by atoms with Gasteiger partial charge < -0.3 is 5.32 Å². The number of thiophene rings is 1. The Morgan fingerprint density at radius 2 is 2.04 bits per heavy atom. The predicted octanol–water partition coefficient (Wildman–Crippen LogP) is 4.06. The van der Waals surface area contributed by atoms with Crippen LogP contribution in [0.2, 0.25) is 0 Å². The van der Waals surface area contributed by atoms with Crippen LogP contribution in [0.5, 0.6) is 0 Å². The zero-order valence-corrected chi connectivity index (χ0v) is 17.8. The molecule has 7 heteroatoms. The van der Waals surface area contributed by atoms with Gasteiger partial charge in [-0.15, -0.1) is 17.9 Å². The first-order valence-corrected chi connectivity index (χ1v) is 12.1. The van der Waals surface area contributed by atoms with E-state index in [0.29, 0.717) is 17.7 Å². The minimum atomic E-state index is 0.0167. The second-order valence-corrected chi connectivity index (χ2v) is 9.71. The first-order chi connectivity index (χ1) is 13.7. The van der Waals surface area contributed by atoms with Gasteiger partial charge in [-0.2, -0.15) is 0 Å². The Labute approximate surface area is 173 Å². The smallest absolute Gasteiger partial charge is 0.263 e. The molecule has 0 atom stereocenters. The summed E-state index contributed by atoms with van der Waals surface area (Å²) in [7, 11) is 0. The Morgan fingerprint density at radius 3 is 2.82 bits per heavy atom. The summed E-state index contributed by atoms with van der Waals surface area (Å²) < 4.78 is 1.68. The molecule has 1 amide bonds. The molecule has 150 valence electrons. The molecule has 0 spiro atoms. The highest BCUT2D eigenvalue weighted by molar-refractivity contribution is 7.99. The van der Waals surface area contributed by atoms with Crippen LogP contribution in [0.1, 0.15) is 55.4 Å². The van der Waals surface area contributed by atoms with E-state index >= 15 is 0 Å². The van der Waals surface area contributed by atoms with Crippen molar-refractivity contribution in [1.29, 1.82) is 0 Å². The Kier molecular flexibility index (Phi) is 6.21. The molecule has 1 N–H and O–H groups in total. The number of rotatable bonds is 6. The van der Waals surface area contributed by atoms with E-state index in [2.05, 4.69) is 11.9 Å². The summed E-state index contributed by atoms with van der Waals surface area (Å²) in [6, 6.07) is 0.312. The van der Waals surface area contributed by atoms with Crippen LogP contribution < -0.4 is 10.9 Å². The van der Waals surface area contributed by atoms with E-state index in [4.69, 9.17) is 4.98 Å². The van der Waals surface area contributed by atoms with Gasteiger partial charge in [-0.3, -0.25) is 14.2 Å². The highest BCUT2D eigenvalue weighted by atomic mass is 32.2. The molecule has 0 unspecified atom stereocenters. The monoisotopic (exact) mass is 417 g/mol. The van der Waals surface area contributed by atoms with Crippen LogP contribution in [-0.4, -0.2) is 27.3 Å². The minimum Gasteiger partial charge on any atom is -0.353 e. The highest BCUT2D eigenvalue weighted by Gasteiger charge is 2.22. The van der Waals surface area contributed by atoms with Gasteiger partial charge in [0.2, 0.25) is 5.91 Å². The van der Waals surface area contributed by atoms with Gasteiger partial charge in [-0.1, -0.05) is 37.1 Å². The molecule has 28 heavy (non-hydrogen) atoms. The number of aromatic nitrogens is 2. The lowest BCUT2D eigenvalue weighted by atomic mass is 10.1. The topological polar surface area (TPSA) is 64.0 Å². The summed E-state index contributed by atoms with van der Waals surface area (Å²) in [6.45, 7) is 4.21. The van der Waals surface area contributed by atoms with Crippen molar-refractivity contribution in [1.82, 2.24) is 14.9 Å². The maximum atomic E-state index is 13.3. The maximum absolute atomic E-state index is 13.3. The third-order valence-electron chi connectivity index (χ3n) is 5.65. The van der Waals surface area contributed by atoms with Gasteiger partial charge >= 0.3 is 0 Å². The van der Waals surface area contributed by atoms with Crippen LogP contribution in [-0.2, 0) is 24.2 Å². The van der Waals surface area contributed by atoms with E-state index in [1.807, 2.05) is 0 Å². The molecule has 2 aromatic rings. The van der Waals surface area contributed by atoms with Gasteiger partial charge in [0, 0.05) is 17.5 Å². The summed E-state index contributed by atoms with van der Waals surface area (Å²) >= 11 is 3.02. The quantitative estimate of drug-likeness (QED) is 0.333. The molecular formula is C21H27N3O2S2. The van der Waals surface area contributed by atoms with Gasteiger partial charge in [0.05, 0.1) is 11.1 Å². The molecule has 1 saturated carbocycles. The fraction of sp³-hybridized carbons (Fsp3) is 0.571. The lowest BCUT2D eigenvalue weighted by Gasteiger charge is -2.13. The van der Waals surface area contributed by atoms with E-state index in [0.717, 1.165) is 42.3 Å². The molecule has 5 nitrogen and oxygen atoms in total. The normalized spacial score (nSPS) is 17.4. The van der Waals surface area contributed by atoms with E-state index in [-0.39, 0.29) is 17.2 Å². The summed E-state index contributed by atoms with van der Waals surface area (Å²) in [4.78, 5) is 32.6. The summed E-state index contributed by atoms with van der Waals surface area (Å²) in [5, 5.41) is 4.52. The van der Waals surface area contributed by atoms with Crippen molar-refractivity contribution in [3.63, 3.8) is 0 Å². The fourth-order valence-corrected chi connectivity index (χ4v) is 6.39. The SMILES string of the molecule is C=CCn1c(SCC(=O)NC2CCCC2)nc2sc3c(c2c1=O)CCCCC3. The molecule has 1 fully saturated rings. The lowest BCUT2D eigenvalue weighted by Crippen LogP contribution is -2.34. The van der Waals surface area contributed by atoms with Crippen LogP contribution in [0.15, 0.2) is 22.6 Å². The van der Waals surface area contributed by atoms with Crippen LogP contribution >= 0.6 is 23.1 Å². The van der Waals surface area contributed by atoms with Crippen molar-refractivity contribution >= 4 is 39.2 Å². The number of amides is 1. The average molecular weight is 418 g/mol. The van der Waals surface area contributed by atoms with Crippen molar-refractivity contribution in [2.24, 2.45) is 0 Å². The molecule has 0 bridgehead atoms. The highest BCUT2D eigenvalue weighted by Crippen LogP contribution is 2.34. The number of aryl methyl sites for hydroxylation is 2. The lowest BCUT2D eigenvalue weighted by molar-refractivity contribution is -0.119. The molecular weight excluding hydrogens is 390 g/mol. The first-order valence-electron chi connectivity index (χ1n) is 10.3. The zero-order chi connectivity index (χ0) is 19.5. The fourth-order valence-electron chi connectivity index (χ4n) is 4.27. The van der Waals surface area contributed by atoms with Gasteiger partial charge in [0.1, 0.15) is 4.83 Å². The number of nitrogens with one attached hydrogen (secondary N) is 1. The van der Waals surface area contributed by atoms with Crippen molar-refractivity contribution in [3.8, 4) is 0 Å². The number of carbonyl (C=O) groups is 1. The van der Waals surface area contributed by atoms with E-state index < -0.39 is 0 Å². The third kappa shape index (κ3) is 4.06. The zero-order valence-electron chi connectivity index (χ0n) is 16.2. The molecule has 2 aliphatic carbocycles. The Bertz CT molecular complexity index is 941. The number of nitrogens with zero attached hydrogens (tertiary/aromatic N) is 2. The van der Waals surface area contributed by atoms with Crippen LogP contribution in [0.25, 0.3) is 10.2 Å². The second kappa shape index (κ2) is 8.82. The maximum Gasteiger partial charge on any atom is 0.263 e. The summed E-state index contributed by atoms with van der Waals surface area (Å²) in [5.74, 6) is 0.315.